The highest BCUT2D eigenvalue weighted by atomic mass is 35.5. The highest BCUT2D eigenvalue weighted by molar-refractivity contribution is 6.35. The molecular formula is C10H11ClO4. The zero-order valence-corrected chi connectivity index (χ0v) is 9.42. The third-order valence-corrected chi connectivity index (χ3v) is 2.32. The van der Waals surface area contributed by atoms with E-state index < -0.39 is 0 Å². The van der Waals surface area contributed by atoms with Crippen LogP contribution in [0.2, 0.25) is 5.02 Å². The summed E-state index contributed by atoms with van der Waals surface area (Å²) in [6, 6.07) is 1.55. The molecule has 15 heavy (non-hydrogen) atoms. The number of methoxy groups -OCH3 is 3. The van der Waals surface area contributed by atoms with Gasteiger partial charge in [0.05, 0.1) is 26.9 Å². The van der Waals surface area contributed by atoms with Crippen LogP contribution in [0.3, 0.4) is 0 Å². The van der Waals surface area contributed by atoms with Crippen LogP contribution in [-0.2, 0) is 0 Å². The second-order valence-corrected chi connectivity index (χ2v) is 3.04. The third-order valence-electron chi connectivity index (χ3n) is 1.95. The average molecular weight is 231 g/mol. The molecule has 0 aliphatic heterocycles. The van der Waals surface area contributed by atoms with Crippen molar-refractivity contribution < 1.29 is 19.0 Å². The SMILES string of the molecule is COc1cc(OC)c(OC)c(Cl)c1C=O. The van der Waals surface area contributed by atoms with Crippen LogP contribution in [-0.4, -0.2) is 27.6 Å². The lowest BCUT2D eigenvalue weighted by Gasteiger charge is -2.13. The van der Waals surface area contributed by atoms with Gasteiger partial charge in [-0.05, 0) is 0 Å². The molecule has 0 heterocycles. The fraction of sp³-hybridized carbons (Fsp3) is 0.300. The maximum atomic E-state index is 10.8. The molecule has 0 aliphatic rings. The van der Waals surface area contributed by atoms with E-state index in [0.717, 1.165) is 0 Å². The summed E-state index contributed by atoms with van der Waals surface area (Å²) in [5.41, 5.74) is 0.247. The van der Waals surface area contributed by atoms with Crippen molar-refractivity contribution in [2.75, 3.05) is 21.3 Å². The van der Waals surface area contributed by atoms with E-state index in [4.69, 9.17) is 25.8 Å². The Morgan fingerprint density at radius 2 is 1.73 bits per heavy atom. The first-order valence-corrected chi connectivity index (χ1v) is 4.51. The molecule has 0 aliphatic carbocycles. The van der Waals surface area contributed by atoms with Crippen molar-refractivity contribution in [3.05, 3.63) is 16.7 Å². The van der Waals surface area contributed by atoms with Gasteiger partial charge < -0.3 is 14.2 Å². The van der Waals surface area contributed by atoms with Gasteiger partial charge in [-0.1, -0.05) is 11.6 Å². The molecule has 5 heteroatoms. The molecule has 0 N–H and O–H groups in total. The zero-order chi connectivity index (χ0) is 11.4. The minimum absolute atomic E-state index is 0.184. The first-order valence-electron chi connectivity index (χ1n) is 4.13. The van der Waals surface area contributed by atoms with E-state index in [2.05, 4.69) is 0 Å². The highest BCUT2D eigenvalue weighted by Gasteiger charge is 2.18. The number of aldehydes is 1. The Morgan fingerprint density at radius 1 is 1.13 bits per heavy atom. The van der Waals surface area contributed by atoms with Crippen molar-refractivity contribution in [3.8, 4) is 17.2 Å². The molecule has 1 aromatic carbocycles. The Hall–Kier alpha value is -1.42. The van der Waals surface area contributed by atoms with Crippen molar-refractivity contribution in [2.24, 2.45) is 0 Å². The Kier molecular flexibility index (Phi) is 3.80. The standard InChI is InChI=1S/C10H11ClO4/c1-13-7-4-8(14-2)10(15-3)9(11)6(7)5-12/h4-5H,1-3H3. The summed E-state index contributed by atoms with van der Waals surface area (Å²) in [5, 5.41) is 0.184. The number of hydrogen-bond donors (Lipinski definition) is 0. The molecule has 0 aromatic heterocycles. The molecule has 0 radical (unpaired) electrons. The minimum atomic E-state index is 0.184. The first-order chi connectivity index (χ1) is 7.19. The van der Waals surface area contributed by atoms with Crippen molar-refractivity contribution in [1.29, 1.82) is 0 Å². The molecule has 0 unspecified atom stereocenters. The summed E-state index contributed by atoms with van der Waals surface area (Å²) in [5.74, 6) is 1.10. The normalized spacial score (nSPS) is 9.60. The summed E-state index contributed by atoms with van der Waals surface area (Å²) < 4.78 is 15.1. The number of halogens is 1. The van der Waals surface area contributed by atoms with Gasteiger partial charge in [-0.2, -0.15) is 0 Å². The maximum absolute atomic E-state index is 10.8. The molecule has 4 nitrogen and oxygen atoms in total. The minimum Gasteiger partial charge on any atom is -0.496 e. The molecule has 1 aromatic rings. The van der Waals surface area contributed by atoms with Crippen molar-refractivity contribution in [2.45, 2.75) is 0 Å². The molecule has 0 bridgehead atoms. The molecule has 82 valence electrons. The van der Waals surface area contributed by atoms with Gasteiger partial charge in [0.2, 0.25) is 0 Å². The first kappa shape index (κ1) is 11.7. The topological polar surface area (TPSA) is 44.8 Å². The maximum Gasteiger partial charge on any atom is 0.180 e. The summed E-state index contributed by atoms with van der Waals surface area (Å²) in [6.45, 7) is 0. The number of ether oxygens (including phenoxy) is 3. The van der Waals surface area contributed by atoms with Gasteiger partial charge in [-0.3, -0.25) is 4.79 Å². The van der Waals surface area contributed by atoms with Crippen molar-refractivity contribution >= 4 is 17.9 Å². The summed E-state index contributed by atoms with van der Waals surface area (Å²) in [4.78, 5) is 10.8. The number of carbonyl (C=O) groups is 1. The predicted octanol–water partition coefficient (Wildman–Crippen LogP) is 2.18. The highest BCUT2D eigenvalue weighted by Crippen LogP contribution is 2.41. The predicted molar refractivity (Wildman–Crippen MR) is 56.5 cm³/mol. The molecule has 0 spiro atoms. The molecule has 1 rings (SSSR count). The Bertz CT molecular complexity index is 376. The van der Waals surface area contributed by atoms with E-state index in [1.165, 1.54) is 21.3 Å². The summed E-state index contributed by atoms with van der Waals surface area (Å²) >= 11 is 5.96. The lowest BCUT2D eigenvalue weighted by Crippen LogP contribution is -1.98. The monoisotopic (exact) mass is 230 g/mol. The Labute approximate surface area is 92.7 Å². The van der Waals surface area contributed by atoms with Gasteiger partial charge in [0.1, 0.15) is 10.8 Å². The van der Waals surface area contributed by atoms with Crippen LogP contribution in [0.1, 0.15) is 10.4 Å². The second-order valence-electron chi connectivity index (χ2n) is 2.66. The van der Waals surface area contributed by atoms with Crippen molar-refractivity contribution in [1.82, 2.24) is 0 Å². The molecule has 0 fully saturated rings. The number of carbonyl (C=O) groups excluding carboxylic acids is 1. The van der Waals surface area contributed by atoms with Crippen LogP contribution < -0.4 is 14.2 Å². The quantitative estimate of drug-likeness (QED) is 0.744. The number of rotatable bonds is 4. The van der Waals surface area contributed by atoms with Crippen LogP contribution in [0.4, 0.5) is 0 Å². The van der Waals surface area contributed by atoms with Gasteiger partial charge in [0.15, 0.2) is 17.8 Å². The Balaban J connectivity index is 3.48. The molecular weight excluding hydrogens is 220 g/mol. The molecule has 0 atom stereocenters. The van der Waals surface area contributed by atoms with E-state index in [9.17, 15) is 4.79 Å². The van der Waals surface area contributed by atoms with E-state index in [-0.39, 0.29) is 10.6 Å². The van der Waals surface area contributed by atoms with Crippen LogP contribution in [0.25, 0.3) is 0 Å². The van der Waals surface area contributed by atoms with E-state index in [0.29, 0.717) is 23.5 Å². The molecule has 0 saturated heterocycles. The van der Waals surface area contributed by atoms with Crippen LogP contribution in [0, 0.1) is 0 Å². The fourth-order valence-corrected chi connectivity index (χ4v) is 1.53. The fourth-order valence-electron chi connectivity index (χ4n) is 1.22. The summed E-state index contributed by atoms with van der Waals surface area (Å²) in [7, 11) is 4.38. The summed E-state index contributed by atoms with van der Waals surface area (Å²) in [6.07, 6.45) is 0.614. The van der Waals surface area contributed by atoms with E-state index in [1.807, 2.05) is 0 Å². The van der Waals surface area contributed by atoms with Crippen LogP contribution in [0.5, 0.6) is 17.2 Å². The van der Waals surface area contributed by atoms with Crippen LogP contribution in [0.15, 0.2) is 6.07 Å². The van der Waals surface area contributed by atoms with Gasteiger partial charge in [-0.25, -0.2) is 0 Å². The second kappa shape index (κ2) is 4.89. The smallest absolute Gasteiger partial charge is 0.180 e. The van der Waals surface area contributed by atoms with Gasteiger partial charge in [0.25, 0.3) is 0 Å². The average Bonchev–Trinajstić information content (AvgIpc) is 2.27. The lowest BCUT2D eigenvalue weighted by molar-refractivity contribution is 0.112. The van der Waals surface area contributed by atoms with E-state index in [1.54, 1.807) is 6.07 Å². The van der Waals surface area contributed by atoms with Gasteiger partial charge in [0, 0.05) is 6.07 Å². The van der Waals surface area contributed by atoms with Gasteiger partial charge >= 0.3 is 0 Å². The van der Waals surface area contributed by atoms with Crippen molar-refractivity contribution in [3.63, 3.8) is 0 Å². The van der Waals surface area contributed by atoms with Crippen LogP contribution >= 0.6 is 11.6 Å². The third kappa shape index (κ3) is 1.99. The number of benzene rings is 1. The molecule has 0 amide bonds. The molecule has 0 saturated carbocycles. The lowest BCUT2D eigenvalue weighted by atomic mass is 10.2. The Morgan fingerprint density at radius 3 is 2.13 bits per heavy atom. The zero-order valence-electron chi connectivity index (χ0n) is 8.67. The number of hydrogen-bond acceptors (Lipinski definition) is 4. The van der Waals surface area contributed by atoms with Gasteiger partial charge in [-0.15, -0.1) is 0 Å². The largest absolute Gasteiger partial charge is 0.496 e. The van der Waals surface area contributed by atoms with E-state index >= 15 is 0 Å².